The monoisotopic (exact) mass is 297 g/mol. The van der Waals surface area contributed by atoms with E-state index in [-0.39, 0.29) is 11.0 Å². The standard InChI is InChI=1S/C15H24BrN/c1-14(2,3)17-11-15(4,5)10-12-6-8-13(16)9-7-12/h6-9,17H,10-11H2,1-5H3. The number of halogens is 1. The van der Waals surface area contributed by atoms with Crippen molar-refractivity contribution >= 4 is 15.9 Å². The van der Waals surface area contributed by atoms with Gasteiger partial charge in [-0.1, -0.05) is 41.9 Å². The summed E-state index contributed by atoms with van der Waals surface area (Å²) in [6.45, 7) is 12.3. The van der Waals surface area contributed by atoms with Crippen LogP contribution in [0.3, 0.4) is 0 Å². The summed E-state index contributed by atoms with van der Waals surface area (Å²) in [5.41, 5.74) is 1.87. The summed E-state index contributed by atoms with van der Waals surface area (Å²) in [4.78, 5) is 0. The number of benzene rings is 1. The van der Waals surface area contributed by atoms with Crippen molar-refractivity contribution in [1.29, 1.82) is 0 Å². The third kappa shape index (κ3) is 6.23. The van der Waals surface area contributed by atoms with Crippen LogP contribution in [0.1, 0.15) is 40.2 Å². The van der Waals surface area contributed by atoms with Crippen molar-refractivity contribution in [2.24, 2.45) is 5.41 Å². The van der Waals surface area contributed by atoms with E-state index < -0.39 is 0 Å². The van der Waals surface area contributed by atoms with Gasteiger partial charge < -0.3 is 5.32 Å². The molecule has 1 aromatic rings. The van der Waals surface area contributed by atoms with Gasteiger partial charge in [0, 0.05) is 16.6 Å². The summed E-state index contributed by atoms with van der Waals surface area (Å²) in [7, 11) is 0. The van der Waals surface area contributed by atoms with E-state index in [1.54, 1.807) is 0 Å². The second kappa shape index (κ2) is 5.53. The van der Waals surface area contributed by atoms with Crippen molar-refractivity contribution in [1.82, 2.24) is 5.32 Å². The average molecular weight is 298 g/mol. The van der Waals surface area contributed by atoms with Crippen molar-refractivity contribution in [3.05, 3.63) is 34.3 Å². The fraction of sp³-hybridized carbons (Fsp3) is 0.600. The molecule has 0 aliphatic heterocycles. The maximum Gasteiger partial charge on any atom is 0.0175 e. The minimum absolute atomic E-state index is 0.191. The van der Waals surface area contributed by atoms with Gasteiger partial charge in [-0.25, -0.2) is 0 Å². The Morgan fingerprint density at radius 1 is 1.00 bits per heavy atom. The summed E-state index contributed by atoms with van der Waals surface area (Å²) >= 11 is 3.47. The summed E-state index contributed by atoms with van der Waals surface area (Å²) in [6.07, 6.45) is 1.10. The van der Waals surface area contributed by atoms with E-state index in [0.29, 0.717) is 0 Å². The third-order valence-electron chi connectivity index (χ3n) is 2.69. The van der Waals surface area contributed by atoms with Gasteiger partial charge >= 0.3 is 0 Å². The van der Waals surface area contributed by atoms with Crippen molar-refractivity contribution in [2.45, 2.75) is 46.6 Å². The quantitative estimate of drug-likeness (QED) is 0.868. The van der Waals surface area contributed by atoms with E-state index in [1.807, 2.05) is 0 Å². The molecule has 2 heteroatoms. The molecule has 0 amide bonds. The molecule has 0 fully saturated rings. The highest BCUT2D eigenvalue weighted by Crippen LogP contribution is 2.23. The Balaban J connectivity index is 2.57. The van der Waals surface area contributed by atoms with Gasteiger partial charge in [0.05, 0.1) is 0 Å². The molecule has 0 radical (unpaired) electrons. The lowest BCUT2D eigenvalue weighted by atomic mass is 9.85. The molecular formula is C15H24BrN. The predicted molar refractivity (Wildman–Crippen MR) is 79.4 cm³/mol. The molecule has 0 bridgehead atoms. The summed E-state index contributed by atoms with van der Waals surface area (Å²) in [5.74, 6) is 0. The predicted octanol–water partition coefficient (Wildman–Crippen LogP) is 4.41. The van der Waals surface area contributed by atoms with E-state index in [1.165, 1.54) is 5.56 Å². The minimum Gasteiger partial charge on any atom is -0.312 e. The zero-order valence-corrected chi connectivity index (χ0v) is 13.2. The lowest BCUT2D eigenvalue weighted by molar-refractivity contribution is 0.289. The maximum atomic E-state index is 3.58. The summed E-state index contributed by atoms with van der Waals surface area (Å²) in [6, 6.07) is 8.62. The Bertz CT molecular complexity index is 346. The fourth-order valence-electron chi connectivity index (χ4n) is 1.72. The van der Waals surface area contributed by atoms with Crippen LogP contribution >= 0.6 is 15.9 Å². The second-order valence-electron chi connectivity index (χ2n) is 6.57. The van der Waals surface area contributed by atoms with Gasteiger partial charge in [-0.15, -0.1) is 0 Å². The van der Waals surface area contributed by atoms with E-state index >= 15 is 0 Å². The number of hydrogen-bond acceptors (Lipinski definition) is 1. The smallest absolute Gasteiger partial charge is 0.0175 e. The zero-order valence-electron chi connectivity index (χ0n) is 11.6. The molecule has 0 heterocycles. The van der Waals surface area contributed by atoms with Crippen LogP contribution in [0.2, 0.25) is 0 Å². The molecule has 0 aromatic heterocycles. The van der Waals surface area contributed by atoms with Gasteiger partial charge in [0.2, 0.25) is 0 Å². The van der Waals surface area contributed by atoms with Crippen LogP contribution in [0, 0.1) is 5.41 Å². The first-order valence-corrected chi connectivity index (χ1v) is 6.97. The van der Waals surface area contributed by atoms with E-state index in [0.717, 1.165) is 17.4 Å². The largest absolute Gasteiger partial charge is 0.312 e. The number of hydrogen-bond donors (Lipinski definition) is 1. The molecule has 17 heavy (non-hydrogen) atoms. The van der Waals surface area contributed by atoms with Crippen molar-refractivity contribution < 1.29 is 0 Å². The Labute approximate surface area is 114 Å². The van der Waals surface area contributed by atoms with Crippen LogP contribution < -0.4 is 5.32 Å². The van der Waals surface area contributed by atoms with Gasteiger partial charge in [0.1, 0.15) is 0 Å². The lowest BCUT2D eigenvalue weighted by Gasteiger charge is -2.30. The molecular weight excluding hydrogens is 274 g/mol. The molecule has 0 saturated heterocycles. The molecule has 1 N–H and O–H groups in total. The number of nitrogens with one attached hydrogen (secondary N) is 1. The number of rotatable bonds is 4. The lowest BCUT2D eigenvalue weighted by Crippen LogP contribution is -2.42. The van der Waals surface area contributed by atoms with E-state index in [4.69, 9.17) is 0 Å². The molecule has 0 unspecified atom stereocenters. The van der Waals surface area contributed by atoms with Gasteiger partial charge in [-0.05, 0) is 50.3 Å². The minimum atomic E-state index is 0.191. The zero-order chi connectivity index (χ0) is 13.1. The second-order valence-corrected chi connectivity index (χ2v) is 7.49. The van der Waals surface area contributed by atoms with E-state index in [2.05, 4.69) is 80.1 Å². The first-order chi connectivity index (χ1) is 7.68. The first kappa shape index (κ1) is 14.7. The maximum absolute atomic E-state index is 3.58. The van der Waals surface area contributed by atoms with Crippen LogP contribution in [0.25, 0.3) is 0 Å². The van der Waals surface area contributed by atoms with Crippen molar-refractivity contribution in [2.75, 3.05) is 6.54 Å². The molecule has 0 atom stereocenters. The molecule has 1 nitrogen and oxygen atoms in total. The fourth-order valence-corrected chi connectivity index (χ4v) is 1.99. The van der Waals surface area contributed by atoms with Gasteiger partial charge in [-0.2, -0.15) is 0 Å². The Kier molecular flexibility index (Phi) is 4.79. The molecule has 1 rings (SSSR count). The SMILES string of the molecule is CC(C)(CNC(C)(C)C)Cc1ccc(Br)cc1. The van der Waals surface area contributed by atoms with Crippen LogP contribution in [0.5, 0.6) is 0 Å². The molecule has 0 aliphatic rings. The molecule has 0 saturated carbocycles. The van der Waals surface area contributed by atoms with E-state index in [9.17, 15) is 0 Å². The van der Waals surface area contributed by atoms with Crippen molar-refractivity contribution in [3.63, 3.8) is 0 Å². The summed E-state index contributed by atoms with van der Waals surface area (Å²) < 4.78 is 1.15. The molecule has 1 aromatic carbocycles. The van der Waals surface area contributed by atoms with Gasteiger partial charge in [0.15, 0.2) is 0 Å². The van der Waals surface area contributed by atoms with Crippen LogP contribution in [0.4, 0.5) is 0 Å². The topological polar surface area (TPSA) is 12.0 Å². The first-order valence-electron chi connectivity index (χ1n) is 6.17. The van der Waals surface area contributed by atoms with Crippen LogP contribution in [0.15, 0.2) is 28.7 Å². The molecule has 96 valence electrons. The third-order valence-corrected chi connectivity index (χ3v) is 3.22. The summed E-state index contributed by atoms with van der Waals surface area (Å²) in [5, 5.41) is 3.58. The highest BCUT2D eigenvalue weighted by molar-refractivity contribution is 9.10. The van der Waals surface area contributed by atoms with Gasteiger partial charge in [0.25, 0.3) is 0 Å². The van der Waals surface area contributed by atoms with Crippen LogP contribution in [-0.2, 0) is 6.42 Å². The Morgan fingerprint density at radius 2 is 1.53 bits per heavy atom. The highest BCUT2D eigenvalue weighted by atomic mass is 79.9. The average Bonchev–Trinajstić information content (AvgIpc) is 2.18. The Morgan fingerprint density at radius 3 is 2.00 bits per heavy atom. The molecule has 0 spiro atoms. The highest BCUT2D eigenvalue weighted by Gasteiger charge is 2.21. The normalized spacial score (nSPS) is 12.8. The van der Waals surface area contributed by atoms with Crippen LogP contribution in [-0.4, -0.2) is 12.1 Å². The van der Waals surface area contributed by atoms with Crippen molar-refractivity contribution in [3.8, 4) is 0 Å². The van der Waals surface area contributed by atoms with Gasteiger partial charge in [-0.3, -0.25) is 0 Å². The molecule has 0 aliphatic carbocycles. The Hall–Kier alpha value is -0.340.